The van der Waals surface area contributed by atoms with Crippen LogP contribution in [0.4, 0.5) is 28.4 Å². The van der Waals surface area contributed by atoms with Crippen molar-refractivity contribution in [3.63, 3.8) is 0 Å². The zero-order valence-electron chi connectivity index (χ0n) is 67.4. The highest BCUT2D eigenvalue weighted by Crippen LogP contribution is 2.37. The van der Waals surface area contributed by atoms with E-state index in [9.17, 15) is 0 Å². The van der Waals surface area contributed by atoms with Crippen LogP contribution in [-0.2, 0) is 13.1 Å². The third kappa shape index (κ3) is 45.1. The molecule has 0 spiro atoms. The van der Waals surface area contributed by atoms with Crippen LogP contribution in [-0.4, -0.2) is 26.4 Å². The lowest BCUT2D eigenvalue weighted by molar-refractivity contribution is 0.258. The molecule has 0 aliphatic rings. The lowest BCUT2D eigenvalue weighted by Gasteiger charge is -2.26. The molecule has 0 aromatic heterocycles. The summed E-state index contributed by atoms with van der Waals surface area (Å²) in [6.07, 6.45) is 75.8. The molecule has 580 valence electrons. The van der Waals surface area contributed by atoms with E-state index in [2.05, 4.69) is 158 Å². The van der Waals surface area contributed by atoms with Crippen molar-refractivity contribution in [2.45, 2.75) is 400 Å². The second-order valence-electron chi connectivity index (χ2n) is 30.8. The van der Waals surface area contributed by atoms with Gasteiger partial charge in [0, 0.05) is 53.7 Å². The van der Waals surface area contributed by atoms with E-state index in [-0.39, 0.29) is 0 Å². The SMILES string of the molecule is CCCCCCCCCCCCCCCCOc1ccc(NCc2ccc(N(c3ccccc3)c3ccc(CNc4ccc(OCCCCCCCCCCCCCCCC)c(OCCCCCCCCCCCCCCCC)c4)cc3)cc2)cc1OCCCCCCCCCCCCCCCC. The van der Waals surface area contributed by atoms with E-state index in [1.54, 1.807) is 0 Å². The number of unbranched alkanes of at least 4 members (excludes halogenated alkanes) is 52. The topological polar surface area (TPSA) is 64.2 Å². The Morgan fingerprint density at radius 2 is 0.427 bits per heavy atom. The Labute approximate surface area is 635 Å². The van der Waals surface area contributed by atoms with Crippen LogP contribution in [0, 0.1) is 0 Å². The van der Waals surface area contributed by atoms with Crippen LogP contribution in [0.1, 0.15) is 398 Å². The van der Waals surface area contributed by atoms with E-state index in [1.165, 1.54) is 345 Å². The van der Waals surface area contributed by atoms with Gasteiger partial charge in [-0.2, -0.15) is 0 Å². The summed E-state index contributed by atoms with van der Waals surface area (Å²) in [5.41, 5.74) is 7.89. The molecule has 7 heteroatoms. The zero-order valence-corrected chi connectivity index (χ0v) is 67.4. The highest BCUT2D eigenvalue weighted by atomic mass is 16.5. The fraction of sp³-hybridized carbons (Fsp3) is 0.688. The summed E-state index contributed by atoms with van der Waals surface area (Å²) in [5.74, 6) is 3.45. The van der Waals surface area contributed by atoms with Crippen LogP contribution < -0.4 is 34.5 Å². The van der Waals surface area contributed by atoms with Gasteiger partial charge in [0.15, 0.2) is 23.0 Å². The Morgan fingerprint density at radius 1 is 0.214 bits per heavy atom. The molecular formula is C96H157N3O4. The number of benzene rings is 5. The van der Waals surface area contributed by atoms with Gasteiger partial charge in [-0.3, -0.25) is 0 Å². The number of ether oxygens (including phenoxy) is 4. The van der Waals surface area contributed by atoms with Crippen LogP contribution in [0.15, 0.2) is 115 Å². The van der Waals surface area contributed by atoms with Crippen molar-refractivity contribution >= 4 is 28.4 Å². The van der Waals surface area contributed by atoms with E-state index >= 15 is 0 Å². The molecule has 2 N–H and O–H groups in total. The molecule has 0 saturated carbocycles. The Hall–Kier alpha value is -5.30. The van der Waals surface area contributed by atoms with Crippen molar-refractivity contribution in [2.75, 3.05) is 42.0 Å². The first kappa shape index (κ1) is 88.3. The fourth-order valence-corrected chi connectivity index (χ4v) is 14.6. The molecule has 0 amide bonds. The number of rotatable bonds is 73. The van der Waals surface area contributed by atoms with Crippen molar-refractivity contribution in [3.8, 4) is 23.0 Å². The molecule has 7 nitrogen and oxygen atoms in total. The lowest BCUT2D eigenvalue weighted by atomic mass is 10.0. The molecule has 0 atom stereocenters. The molecule has 5 aromatic rings. The van der Waals surface area contributed by atoms with Crippen molar-refractivity contribution in [2.24, 2.45) is 0 Å². The Bertz CT molecular complexity index is 2500. The maximum atomic E-state index is 6.58. The third-order valence-electron chi connectivity index (χ3n) is 21.3. The van der Waals surface area contributed by atoms with Crippen LogP contribution in [0.25, 0.3) is 0 Å². The number of hydrogen-bond acceptors (Lipinski definition) is 7. The molecule has 0 unspecified atom stereocenters. The first-order valence-electron chi connectivity index (χ1n) is 44.4. The summed E-state index contributed by atoms with van der Waals surface area (Å²) in [6, 6.07) is 41.7. The van der Waals surface area contributed by atoms with Gasteiger partial charge in [0.05, 0.1) is 26.4 Å². The molecule has 0 fully saturated rings. The second-order valence-corrected chi connectivity index (χ2v) is 30.8. The summed E-state index contributed by atoms with van der Waals surface area (Å²) in [5, 5.41) is 7.48. The normalized spacial score (nSPS) is 11.4. The van der Waals surface area contributed by atoms with Gasteiger partial charge in [-0.15, -0.1) is 0 Å². The van der Waals surface area contributed by atoms with Crippen LogP contribution in [0.3, 0.4) is 0 Å². The molecule has 5 aromatic carbocycles. The van der Waals surface area contributed by atoms with E-state index in [4.69, 9.17) is 18.9 Å². The van der Waals surface area contributed by atoms with Crippen molar-refractivity contribution in [1.82, 2.24) is 0 Å². The minimum absolute atomic E-state index is 0.702. The van der Waals surface area contributed by atoms with Gasteiger partial charge in [-0.25, -0.2) is 0 Å². The summed E-state index contributed by atoms with van der Waals surface area (Å²) in [6.45, 7) is 13.5. The molecular weight excluding hydrogens is 1260 g/mol. The Morgan fingerprint density at radius 3 is 0.670 bits per heavy atom. The molecule has 0 aliphatic carbocycles. The molecule has 5 rings (SSSR count). The number of nitrogens with zero attached hydrogens (tertiary/aromatic N) is 1. The van der Waals surface area contributed by atoms with Gasteiger partial charge >= 0.3 is 0 Å². The van der Waals surface area contributed by atoms with Gasteiger partial charge in [0.1, 0.15) is 0 Å². The Kier molecular flexibility index (Phi) is 54.8. The molecule has 0 radical (unpaired) electrons. The third-order valence-corrected chi connectivity index (χ3v) is 21.3. The van der Waals surface area contributed by atoms with Gasteiger partial charge in [0.25, 0.3) is 0 Å². The van der Waals surface area contributed by atoms with Gasteiger partial charge in [0.2, 0.25) is 0 Å². The second kappa shape index (κ2) is 63.9. The highest BCUT2D eigenvalue weighted by Gasteiger charge is 2.15. The predicted octanol–water partition coefficient (Wildman–Crippen LogP) is 31.8. The van der Waals surface area contributed by atoms with Crippen molar-refractivity contribution < 1.29 is 18.9 Å². The molecule has 0 saturated heterocycles. The minimum Gasteiger partial charge on any atom is -0.490 e. The maximum absolute atomic E-state index is 6.58. The zero-order chi connectivity index (χ0) is 72.4. The summed E-state index contributed by atoms with van der Waals surface area (Å²) in [4.78, 5) is 2.35. The number of nitrogens with one attached hydrogen (secondary N) is 2. The largest absolute Gasteiger partial charge is 0.490 e. The molecule has 0 aliphatic heterocycles. The highest BCUT2D eigenvalue weighted by molar-refractivity contribution is 5.76. The smallest absolute Gasteiger partial charge is 0.163 e. The average molecular weight is 1420 g/mol. The van der Waals surface area contributed by atoms with Crippen LogP contribution >= 0.6 is 0 Å². The monoisotopic (exact) mass is 1420 g/mol. The standard InChI is InChI=1S/C96H157N3O4/c1-5-9-13-17-21-25-29-33-37-41-45-49-53-60-78-100-93-76-70-88(82-95(93)102-80-62-55-51-47-43-39-35-31-27-23-19-15-11-7-3)97-84-86-66-72-91(73-67-86)99(90-64-58-57-59-65-90)92-74-68-87(69-75-92)85-98-89-71-77-94(101-79-61-54-50-46-42-38-34-30-26-22-18-14-10-6-2)96(83-89)103-81-63-56-52-48-44-40-36-32-28-24-20-16-12-8-4/h57-59,64-77,82-83,97-98H,5-56,60-63,78-81,84-85H2,1-4H3. The summed E-state index contributed by atoms with van der Waals surface area (Å²) in [7, 11) is 0. The van der Waals surface area contributed by atoms with E-state index in [0.29, 0.717) is 13.1 Å². The van der Waals surface area contributed by atoms with E-state index in [1.807, 2.05) is 0 Å². The van der Waals surface area contributed by atoms with Gasteiger partial charge in [-0.05, 0) is 97.5 Å². The predicted molar refractivity (Wildman–Crippen MR) is 452 cm³/mol. The summed E-state index contributed by atoms with van der Waals surface area (Å²) >= 11 is 0. The first-order valence-corrected chi connectivity index (χ1v) is 44.4. The number of anilines is 5. The minimum atomic E-state index is 0.702. The average Bonchev–Trinajstić information content (AvgIpc) is 0.818. The molecule has 0 heterocycles. The summed E-state index contributed by atoms with van der Waals surface area (Å²) < 4.78 is 26.2. The number of hydrogen-bond donors (Lipinski definition) is 2. The first-order chi connectivity index (χ1) is 51.1. The van der Waals surface area contributed by atoms with Gasteiger partial charge in [-0.1, -0.05) is 404 Å². The van der Waals surface area contributed by atoms with E-state index < -0.39 is 0 Å². The number of para-hydroxylation sites is 1. The van der Waals surface area contributed by atoms with Crippen LogP contribution in [0.5, 0.6) is 23.0 Å². The molecule has 0 bridgehead atoms. The maximum Gasteiger partial charge on any atom is 0.163 e. The van der Waals surface area contributed by atoms with Crippen molar-refractivity contribution in [3.05, 3.63) is 126 Å². The van der Waals surface area contributed by atoms with E-state index in [0.717, 1.165) is 104 Å². The molecule has 103 heavy (non-hydrogen) atoms. The Balaban J connectivity index is 1.11. The van der Waals surface area contributed by atoms with Crippen molar-refractivity contribution in [1.29, 1.82) is 0 Å². The van der Waals surface area contributed by atoms with Crippen LogP contribution in [0.2, 0.25) is 0 Å². The fourth-order valence-electron chi connectivity index (χ4n) is 14.6. The van der Waals surface area contributed by atoms with Gasteiger partial charge < -0.3 is 34.5 Å². The quantitative estimate of drug-likeness (QED) is 0.0376. The lowest BCUT2D eigenvalue weighted by Crippen LogP contribution is -2.10.